The molecule has 0 radical (unpaired) electrons. The molecule has 3 nitrogen and oxygen atoms in total. The molecule has 3 rings (SSSR count). The first-order valence-corrected chi connectivity index (χ1v) is 7.88. The standard InChI is InChI=1S/C19H21NO2/c21-19(20-13-12-18-7-4-14-22-18)17-10-8-16(9-11-17)15-5-2-1-3-6-15/h1-3,5-6,8-11,18H,4,7,12-14H2,(H,20,21)/t18-/m1/s1. The number of amides is 1. The fourth-order valence-corrected chi connectivity index (χ4v) is 2.77. The summed E-state index contributed by atoms with van der Waals surface area (Å²) >= 11 is 0. The second-order valence-corrected chi connectivity index (χ2v) is 5.62. The third kappa shape index (κ3) is 3.74. The molecule has 1 amide bonds. The van der Waals surface area contributed by atoms with Crippen LogP contribution in [0.4, 0.5) is 0 Å². The predicted molar refractivity (Wildman–Crippen MR) is 87.8 cm³/mol. The minimum Gasteiger partial charge on any atom is -0.378 e. The molecule has 1 fully saturated rings. The van der Waals surface area contributed by atoms with Gasteiger partial charge in [0.15, 0.2) is 0 Å². The van der Waals surface area contributed by atoms with Crippen LogP contribution in [-0.4, -0.2) is 25.2 Å². The fourth-order valence-electron chi connectivity index (χ4n) is 2.77. The van der Waals surface area contributed by atoms with Crippen molar-refractivity contribution in [3.63, 3.8) is 0 Å². The number of carbonyl (C=O) groups is 1. The van der Waals surface area contributed by atoms with Gasteiger partial charge in [-0.05, 0) is 42.5 Å². The van der Waals surface area contributed by atoms with Crippen LogP contribution >= 0.6 is 0 Å². The molecular formula is C19H21NO2. The summed E-state index contributed by atoms with van der Waals surface area (Å²) in [5.41, 5.74) is 2.98. The molecule has 2 aromatic carbocycles. The van der Waals surface area contributed by atoms with E-state index in [1.165, 1.54) is 0 Å². The summed E-state index contributed by atoms with van der Waals surface area (Å²) in [5.74, 6) is -0.0161. The van der Waals surface area contributed by atoms with Crippen molar-refractivity contribution in [1.82, 2.24) is 5.32 Å². The minimum absolute atomic E-state index is 0.0161. The Morgan fingerprint density at radius 1 is 1.05 bits per heavy atom. The van der Waals surface area contributed by atoms with Gasteiger partial charge in [0.05, 0.1) is 6.10 Å². The summed E-state index contributed by atoms with van der Waals surface area (Å²) in [6.45, 7) is 1.53. The van der Waals surface area contributed by atoms with E-state index in [0.717, 1.165) is 37.0 Å². The Kier molecular flexibility index (Phi) is 4.86. The van der Waals surface area contributed by atoms with Crippen LogP contribution in [-0.2, 0) is 4.74 Å². The van der Waals surface area contributed by atoms with Crippen LogP contribution in [0.25, 0.3) is 11.1 Å². The monoisotopic (exact) mass is 295 g/mol. The zero-order valence-electron chi connectivity index (χ0n) is 12.6. The highest BCUT2D eigenvalue weighted by molar-refractivity contribution is 5.94. The lowest BCUT2D eigenvalue weighted by molar-refractivity contribution is 0.0907. The van der Waals surface area contributed by atoms with Gasteiger partial charge in [-0.25, -0.2) is 0 Å². The van der Waals surface area contributed by atoms with E-state index in [-0.39, 0.29) is 5.91 Å². The summed E-state index contributed by atoms with van der Waals surface area (Å²) in [4.78, 5) is 12.1. The van der Waals surface area contributed by atoms with Gasteiger partial charge < -0.3 is 10.1 Å². The zero-order chi connectivity index (χ0) is 15.2. The van der Waals surface area contributed by atoms with Crippen molar-refractivity contribution in [2.45, 2.75) is 25.4 Å². The molecule has 1 aliphatic heterocycles. The topological polar surface area (TPSA) is 38.3 Å². The molecule has 22 heavy (non-hydrogen) atoms. The molecule has 0 bridgehead atoms. The number of benzene rings is 2. The molecule has 1 aliphatic rings. The van der Waals surface area contributed by atoms with Crippen molar-refractivity contribution in [2.75, 3.05) is 13.2 Å². The molecule has 0 aromatic heterocycles. The van der Waals surface area contributed by atoms with E-state index in [1.807, 2.05) is 42.5 Å². The number of rotatable bonds is 5. The maximum absolute atomic E-state index is 12.1. The van der Waals surface area contributed by atoms with Crippen LogP contribution in [0.2, 0.25) is 0 Å². The highest BCUT2D eigenvalue weighted by atomic mass is 16.5. The van der Waals surface area contributed by atoms with E-state index in [0.29, 0.717) is 18.2 Å². The first kappa shape index (κ1) is 14.8. The summed E-state index contributed by atoms with van der Waals surface area (Å²) in [7, 11) is 0. The van der Waals surface area contributed by atoms with Crippen molar-refractivity contribution in [1.29, 1.82) is 0 Å². The van der Waals surface area contributed by atoms with Gasteiger partial charge in [-0.15, -0.1) is 0 Å². The Balaban J connectivity index is 1.54. The lowest BCUT2D eigenvalue weighted by Gasteiger charge is -2.10. The zero-order valence-corrected chi connectivity index (χ0v) is 12.6. The molecule has 1 N–H and O–H groups in total. The number of hydrogen-bond donors (Lipinski definition) is 1. The van der Waals surface area contributed by atoms with Crippen molar-refractivity contribution in [3.8, 4) is 11.1 Å². The average molecular weight is 295 g/mol. The molecular weight excluding hydrogens is 274 g/mol. The molecule has 0 aliphatic carbocycles. The average Bonchev–Trinajstić information content (AvgIpc) is 3.09. The van der Waals surface area contributed by atoms with Gasteiger partial charge >= 0.3 is 0 Å². The molecule has 1 heterocycles. The van der Waals surface area contributed by atoms with Crippen LogP contribution in [0.15, 0.2) is 54.6 Å². The number of nitrogens with one attached hydrogen (secondary N) is 1. The molecule has 0 spiro atoms. The van der Waals surface area contributed by atoms with E-state index in [2.05, 4.69) is 17.4 Å². The maximum atomic E-state index is 12.1. The third-order valence-electron chi connectivity index (χ3n) is 4.03. The van der Waals surface area contributed by atoms with Crippen LogP contribution in [0.5, 0.6) is 0 Å². The first-order valence-electron chi connectivity index (χ1n) is 7.88. The Morgan fingerprint density at radius 2 is 1.77 bits per heavy atom. The Bertz CT molecular complexity index is 601. The Hall–Kier alpha value is -2.13. The maximum Gasteiger partial charge on any atom is 0.251 e. The lowest BCUT2D eigenvalue weighted by atomic mass is 10.0. The summed E-state index contributed by atoms with van der Waals surface area (Å²) in [6, 6.07) is 17.9. The molecule has 0 unspecified atom stereocenters. The molecule has 114 valence electrons. The van der Waals surface area contributed by atoms with Gasteiger partial charge in [-0.1, -0.05) is 42.5 Å². The number of ether oxygens (including phenoxy) is 1. The smallest absolute Gasteiger partial charge is 0.251 e. The van der Waals surface area contributed by atoms with E-state index in [4.69, 9.17) is 4.74 Å². The van der Waals surface area contributed by atoms with E-state index in [1.54, 1.807) is 0 Å². The van der Waals surface area contributed by atoms with Gasteiger partial charge in [0.1, 0.15) is 0 Å². The van der Waals surface area contributed by atoms with Crippen LogP contribution in [0.1, 0.15) is 29.6 Å². The fraction of sp³-hybridized carbons (Fsp3) is 0.316. The molecule has 2 aromatic rings. The number of carbonyl (C=O) groups excluding carboxylic acids is 1. The Labute approximate surface area is 131 Å². The molecule has 1 saturated heterocycles. The molecule has 1 atom stereocenters. The van der Waals surface area contributed by atoms with Crippen LogP contribution < -0.4 is 5.32 Å². The summed E-state index contributed by atoms with van der Waals surface area (Å²) < 4.78 is 5.55. The van der Waals surface area contributed by atoms with Crippen molar-refractivity contribution in [3.05, 3.63) is 60.2 Å². The highest BCUT2D eigenvalue weighted by Crippen LogP contribution is 2.19. The van der Waals surface area contributed by atoms with Gasteiger partial charge in [-0.3, -0.25) is 4.79 Å². The predicted octanol–water partition coefficient (Wildman–Crippen LogP) is 3.65. The quantitative estimate of drug-likeness (QED) is 0.914. The Morgan fingerprint density at radius 3 is 2.45 bits per heavy atom. The van der Waals surface area contributed by atoms with E-state index >= 15 is 0 Å². The third-order valence-corrected chi connectivity index (χ3v) is 4.03. The normalized spacial score (nSPS) is 17.4. The SMILES string of the molecule is O=C(NCC[C@H]1CCCO1)c1ccc(-c2ccccc2)cc1. The van der Waals surface area contributed by atoms with Crippen LogP contribution in [0, 0.1) is 0 Å². The van der Waals surface area contributed by atoms with Crippen molar-refractivity contribution < 1.29 is 9.53 Å². The van der Waals surface area contributed by atoms with Gasteiger partial charge in [0.2, 0.25) is 0 Å². The van der Waals surface area contributed by atoms with Gasteiger partial charge in [0, 0.05) is 18.7 Å². The van der Waals surface area contributed by atoms with Crippen molar-refractivity contribution in [2.24, 2.45) is 0 Å². The molecule has 0 saturated carbocycles. The number of hydrogen-bond acceptors (Lipinski definition) is 2. The second kappa shape index (κ2) is 7.23. The molecule has 3 heteroatoms. The first-order chi connectivity index (χ1) is 10.8. The van der Waals surface area contributed by atoms with Gasteiger partial charge in [0.25, 0.3) is 5.91 Å². The summed E-state index contributed by atoms with van der Waals surface area (Å²) in [6.07, 6.45) is 3.47. The largest absolute Gasteiger partial charge is 0.378 e. The van der Waals surface area contributed by atoms with E-state index < -0.39 is 0 Å². The van der Waals surface area contributed by atoms with E-state index in [9.17, 15) is 4.79 Å². The van der Waals surface area contributed by atoms with Crippen molar-refractivity contribution >= 4 is 5.91 Å². The van der Waals surface area contributed by atoms with Gasteiger partial charge in [-0.2, -0.15) is 0 Å². The highest BCUT2D eigenvalue weighted by Gasteiger charge is 2.15. The second-order valence-electron chi connectivity index (χ2n) is 5.62. The van der Waals surface area contributed by atoms with Crippen LogP contribution in [0.3, 0.4) is 0 Å². The lowest BCUT2D eigenvalue weighted by Crippen LogP contribution is -2.26. The summed E-state index contributed by atoms with van der Waals surface area (Å²) in [5, 5.41) is 2.97. The minimum atomic E-state index is -0.0161.